The van der Waals surface area contributed by atoms with Gasteiger partial charge in [0.15, 0.2) is 0 Å². The van der Waals surface area contributed by atoms with Crippen LogP contribution in [0.1, 0.15) is 0 Å². The Morgan fingerprint density at radius 3 is 3.23 bits per heavy atom. The minimum absolute atomic E-state index is 0.780. The van der Waals surface area contributed by atoms with Gasteiger partial charge in [-0.05, 0) is 0 Å². The molecule has 1 rings (SSSR count). The number of imidazole rings is 1. The number of rotatable bonds is 5. The summed E-state index contributed by atoms with van der Waals surface area (Å²) >= 11 is 1.75. The number of anilines is 1. The van der Waals surface area contributed by atoms with Crippen LogP contribution in [0.25, 0.3) is 0 Å². The van der Waals surface area contributed by atoms with Crippen LogP contribution < -0.4 is 5.32 Å². The Morgan fingerprint density at radius 2 is 2.62 bits per heavy atom. The third-order valence-corrected chi connectivity index (χ3v) is 2.40. The van der Waals surface area contributed by atoms with Crippen LogP contribution in [-0.2, 0) is 7.05 Å². The summed E-state index contributed by atoms with van der Waals surface area (Å²) in [5, 5.41) is 3.21. The van der Waals surface area contributed by atoms with E-state index in [2.05, 4.69) is 16.2 Å². The molecule has 0 bridgehead atoms. The van der Waals surface area contributed by atoms with Crippen molar-refractivity contribution in [1.82, 2.24) is 9.55 Å². The Morgan fingerprint density at radius 1 is 1.77 bits per heavy atom. The fraction of sp³-hybridized carbons (Fsp3) is 0.444. The molecule has 0 aliphatic heterocycles. The van der Waals surface area contributed by atoms with E-state index in [1.807, 2.05) is 17.8 Å². The van der Waals surface area contributed by atoms with E-state index >= 15 is 0 Å². The highest BCUT2D eigenvalue weighted by Gasteiger charge is 1.95. The minimum atomic E-state index is 0.780. The molecule has 0 aliphatic carbocycles. The van der Waals surface area contributed by atoms with Crippen molar-refractivity contribution < 1.29 is 0 Å². The van der Waals surface area contributed by atoms with E-state index in [9.17, 15) is 0 Å². The monoisotopic (exact) mass is 195 g/mol. The molecule has 0 radical (unpaired) electrons. The van der Waals surface area contributed by atoms with Gasteiger partial charge in [0.1, 0.15) is 0 Å². The van der Waals surface area contributed by atoms with Gasteiger partial charge in [0.05, 0.1) is 5.75 Å². The molecule has 0 atom stereocenters. The van der Waals surface area contributed by atoms with E-state index in [4.69, 9.17) is 6.42 Å². The van der Waals surface area contributed by atoms with Crippen LogP contribution in [-0.4, -0.2) is 27.6 Å². The van der Waals surface area contributed by atoms with Gasteiger partial charge in [-0.15, -0.1) is 18.2 Å². The standard InChI is InChI=1S/C9H13N3S/c1-3-7-13-8-5-11-9-10-4-6-12(9)2/h1,4,6H,5,7-8H2,2H3,(H,10,11). The molecule has 0 spiro atoms. The number of nitrogens with one attached hydrogen (secondary N) is 1. The summed E-state index contributed by atoms with van der Waals surface area (Å²) < 4.78 is 1.95. The van der Waals surface area contributed by atoms with Gasteiger partial charge in [-0.1, -0.05) is 5.92 Å². The molecule has 70 valence electrons. The van der Waals surface area contributed by atoms with E-state index < -0.39 is 0 Å². The Balaban J connectivity index is 2.14. The number of thioether (sulfide) groups is 1. The molecule has 0 fully saturated rings. The fourth-order valence-electron chi connectivity index (χ4n) is 0.902. The summed E-state index contributed by atoms with van der Waals surface area (Å²) in [6, 6.07) is 0. The lowest BCUT2D eigenvalue weighted by Crippen LogP contribution is -2.08. The third-order valence-electron chi connectivity index (χ3n) is 1.54. The highest BCUT2D eigenvalue weighted by atomic mass is 32.2. The van der Waals surface area contributed by atoms with Gasteiger partial charge >= 0.3 is 0 Å². The van der Waals surface area contributed by atoms with Gasteiger partial charge in [0.2, 0.25) is 5.95 Å². The van der Waals surface area contributed by atoms with Gasteiger partial charge in [-0.25, -0.2) is 4.98 Å². The zero-order chi connectivity index (χ0) is 9.52. The van der Waals surface area contributed by atoms with Crippen molar-refractivity contribution in [1.29, 1.82) is 0 Å². The molecule has 0 saturated heterocycles. The lowest BCUT2D eigenvalue weighted by Gasteiger charge is -2.04. The first-order chi connectivity index (χ1) is 6.34. The molecule has 1 heterocycles. The van der Waals surface area contributed by atoms with Crippen LogP contribution in [0.2, 0.25) is 0 Å². The largest absolute Gasteiger partial charge is 0.355 e. The second-order valence-corrected chi connectivity index (χ2v) is 3.65. The quantitative estimate of drug-likeness (QED) is 0.565. The zero-order valence-electron chi connectivity index (χ0n) is 7.66. The lowest BCUT2D eigenvalue weighted by atomic mass is 10.7. The molecule has 3 nitrogen and oxygen atoms in total. The molecule has 0 aromatic carbocycles. The lowest BCUT2D eigenvalue weighted by molar-refractivity contribution is 0.908. The predicted octanol–water partition coefficient (Wildman–Crippen LogP) is 1.20. The Hall–Kier alpha value is -1.08. The van der Waals surface area contributed by atoms with Crippen LogP contribution in [0.15, 0.2) is 12.4 Å². The van der Waals surface area contributed by atoms with Crippen LogP contribution >= 0.6 is 11.8 Å². The maximum Gasteiger partial charge on any atom is 0.202 e. The Bertz CT molecular complexity index is 287. The summed E-state index contributed by atoms with van der Waals surface area (Å²) in [5.74, 6) is 5.28. The minimum Gasteiger partial charge on any atom is -0.355 e. The topological polar surface area (TPSA) is 29.9 Å². The third kappa shape index (κ3) is 3.43. The zero-order valence-corrected chi connectivity index (χ0v) is 8.47. The van der Waals surface area contributed by atoms with E-state index in [0.29, 0.717) is 0 Å². The average molecular weight is 195 g/mol. The Kier molecular flexibility index (Phi) is 4.27. The van der Waals surface area contributed by atoms with Crippen molar-refractivity contribution in [2.24, 2.45) is 7.05 Å². The normalized spacial score (nSPS) is 9.54. The molecule has 0 amide bonds. The number of hydrogen-bond acceptors (Lipinski definition) is 3. The number of aryl methyl sites for hydroxylation is 1. The van der Waals surface area contributed by atoms with Gasteiger partial charge in [0.25, 0.3) is 0 Å². The van der Waals surface area contributed by atoms with Crippen molar-refractivity contribution in [2.45, 2.75) is 0 Å². The summed E-state index contributed by atoms with van der Waals surface area (Å²) in [5.41, 5.74) is 0. The number of aromatic nitrogens is 2. The second kappa shape index (κ2) is 5.55. The van der Waals surface area contributed by atoms with Crippen molar-refractivity contribution in [2.75, 3.05) is 23.4 Å². The van der Waals surface area contributed by atoms with E-state index in [1.165, 1.54) is 0 Å². The Labute approximate surface area is 82.9 Å². The molecule has 1 N–H and O–H groups in total. The van der Waals surface area contributed by atoms with Crippen molar-refractivity contribution in [3.05, 3.63) is 12.4 Å². The summed E-state index contributed by atoms with van der Waals surface area (Å²) in [6.07, 6.45) is 8.81. The van der Waals surface area contributed by atoms with Gasteiger partial charge in [-0.2, -0.15) is 0 Å². The predicted molar refractivity (Wildman–Crippen MR) is 57.9 cm³/mol. The van der Waals surface area contributed by atoms with Gasteiger partial charge in [0, 0.05) is 31.7 Å². The molecule has 4 heteroatoms. The number of hydrogen-bond donors (Lipinski definition) is 1. The smallest absolute Gasteiger partial charge is 0.202 e. The fourth-order valence-corrected chi connectivity index (χ4v) is 1.41. The average Bonchev–Trinajstić information content (AvgIpc) is 2.52. The first kappa shape index (κ1) is 10.0. The van der Waals surface area contributed by atoms with E-state index in [1.54, 1.807) is 18.0 Å². The first-order valence-corrected chi connectivity index (χ1v) is 5.22. The second-order valence-electron chi connectivity index (χ2n) is 2.55. The summed E-state index contributed by atoms with van der Waals surface area (Å²) in [6.45, 7) is 0.900. The van der Waals surface area contributed by atoms with Crippen LogP contribution in [0.4, 0.5) is 5.95 Å². The highest BCUT2D eigenvalue weighted by Crippen LogP contribution is 2.02. The van der Waals surface area contributed by atoms with Crippen molar-refractivity contribution >= 4 is 17.7 Å². The van der Waals surface area contributed by atoms with Crippen molar-refractivity contribution in [3.63, 3.8) is 0 Å². The molecule has 0 saturated carbocycles. The van der Waals surface area contributed by atoms with Crippen LogP contribution in [0.3, 0.4) is 0 Å². The maximum absolute atomic E-state index is 5.12. The van der Waals surface area contributed by atoms with E-state index in [-0.39, 0.29) is 0 Å². The van der Waals surface area contributed by atoms with Crippen molar-refractivity contribution in [3.8, 4) is 12.3 Å². The van der Waals surface area contributed by atoms with Crippen LogP contribution in [0.5, 0.6) is 0 Å². The highest BCUT2D eigenvalue weighted by molar-refractivity contribution is 7.99. The molecule has 0 unspecified atom stereocenters. The summed E-state index contributed by atoms with van der Waals surface area (Å²) in [7, 11) is 1.96. The molecule has 13 heavy (non-hydrogen) atoms. The van der Waals surface area contributed by atoms with Crippen LogP contribution in [0, 0.1) is 12.3 Å². The number of nitrogens with zero attached hydrogens (tertiary/aromatic N) is 2. The molecular formula is C9H13N3S. The SMILES string of the molecule is C#CCSCCNc1nccn1C. The van der Waals surface area contributed by atoms with E-state index in [0.717, 1.165) is 24.0 Å². The number of terminal acetylenes is 1. The van der Waals surface area contributed by atoms with Gasteiger partial charge in [-0.3, -0.25) is 0 Å². The summed E-state index contributed by atoms with van der Waals surface area (Å²) in [4.78, 5) is 4.14. The maximum atomic E-state index is 5.12. The van der Waals surface area contributed by atoms with Gasteiger partial charge < -0.3 is 9.88 Å². The molecule has 1 aromatic heterocycles. The molecule has 0 aliphatic rings. The first-order valence-electron chi connectivity index (χ1n) is 4.07. The molecular weight excluding hydrogens is 182 g/mol. The molecule has 1 aromatic rings.